The molecule has 0 saturated carbocycles. The van der Waals surface area contributed by atoms with E-state index in [-0.39, 0.29) is 5.91 Å². The third-order valence-electron chi connectivity index (χ3n) is 4.42. The molecule has 0 saturated heterocycles. The fourth-order valence-corrected chi connectivity index (χ4v) is 2.96. The van der Waals surface area contributed by atoms with Gasteiger partial charge in [0, 0.05) is 5.56 Å². The molecular formula is C24H24N2O4. The molecule has 3 aromatic rings. The van der Waals surface area contributed by atoms with Crippen LogP contribution in [0.1, 0.15) is 27.0 Å². The number of methoxy groups -OCH3 is 2. The average molecular weight is 404 g/mol. The molecular weight excluding hydrogens is 380 g/mol. The van der Waals surface area contributed by atoms with E-state index < -0.39 is 0 Å². The first-order chi connectivity index (χ1) is 14.6. The number of para-hydroxylation sites is 2. The van der Waals surface area contributed by atoms with E-state index in [1.807, 2.05) is 43.3 Å². The first-order valence-corrected chi connectivity index (χ1v) is 9.44. The van der Waals surface area contributed by atoms with Gasteiger partial charge in [-0.05, 0) is 36.8 Å². The average Bonchev–Trinajstić information content (AvgIpc) is 2.77. The highest BCUT2D eigenvalue weighted by atomic mass is 16.5. The zero-order chi connectivity index (χ0) is 21.3. The molecule has 3 aromatic carbocycles. The minimum Gasteiger partial charge on any atom is -0.496 e. The number of carbonyl (C=O) groups excluding carboxylic acids is 1. The van der Waals surface area contributed by atoms with E-state index in [4.69, 9.17) is 14.2 Å². The number of amides is 1. The Morgan fingerprint density at radius 2 is 1.70 bits per heavy atom. The van der Waals surface area contributed by atoms with Crippen LogP contribution in [-0.2, 0) is 6.61 Å². The quantitative estimate of drug-likeness (QED) is 0.448. The lowest BCUT2D eigenvalue weighted by molar-refractivity contribution is 0.0952. The van der Waals surface area contributed by atoms with Crippen LogP contribution in [0, 0.1) is 6.92 Å². The molecule has 0 aliphatic heterocycles. The fourth-order valence-electron chi connectivity index (χ4n) is 2.96. The van der Waals surface area contributed by atoms with Gasteiger partial charge in [0.05, 0.1) is 26.0 Å². The molecule has 0 unspecified atom stereocenters. The topological polar surface area (TPSA) is 69.2 Å². The summed E-state index contributed by atoms with van der Waals surface area (Å²) < 4.78 is 16.7. The second-order valence-corrected chi connectivity index (χ2v) is 6.56. The number of carbonyl (C=O) groups is 1. The number of aryl methyl sites for hydroxylation is 1. The van der Waals surface area contributed by atoms with Crippen LogP contribution in [0.2, 0.25) is 0 Å². The Labute approximate surface area is 176 Å². The van der Waals surface area contributed by atoms with Gasteiger partial charge in [0.25, 0.3) is 5.91 Å². The zero-order valence-electron chi connectivity index (χ0n) is 17.2. The zero-order valence-corrected chi connectivity index (χ0v) is 17.2. The summed E-state index contributed by atoms with van der Waals surface area (Å²) in [4.78, 5) is 12.4. The first kappa shape index (κ1) is 20.9. The van der Waals surface area contributed by atoms with Gasteiger partial charge in [0.15, 0.2) is 11.5 Å². The maximum absolute atomic E-state index is 12.4. The van der Waals surface area contributed by atoms with Crippen molar-refractivity contribution in [2.75, 3.05) is 14.2 Å². The molecule has 0 aliphatic carbocycles. The van der Waals surface area contributed by atoms with Crippen molar-refractivity contribution in [1.29, 1.82) is 0 Å². The van der Waals surface area contributed by atoms with Crippen molar-refractivity contribution in [3.8, 4) is 17.2 Å². The standard InChI is InChI=1S/C24H24N2O4/c1-17-8-6-9-18(14-17)16-30-23-19(10-7-13-22(23)29-3)15-25-26-24(27)20-11-4-5-12-21(20)28-2/h4-15H,16H2,1-3H3,(H,26,27)/b25-15+. The van der Waals surface area contributed by atoms with Crippen molar-refractivity contribution in [3.05, 3.63) is 89.0 Å². The van der Waals surface area contributed by atoms with Crippen molar-refractivity contribution in [3.63, 3.8) is 0 Å². The number of benzene rings is 3. The molecule has 0 atom stereocenters. The first-order valence-electron chi connectivity index (χ1n) is 9.44. The molecule has 0 aromatic heterocycles. The van der Waals surface area contributed by atoms with Crippen LogP contribution in [0.15, 0.2) is 71.8 Å². The Morgan fingerprint density at radius 3 is 2.47 bits per heavy atom. The Kier molecular flexibility index (Phi) is 7.05. The molecule has 0 spiro atoms. The number of nitrogens with one attached hydrogen (secondary N) is 1. The molecule has 30 heavy (non-hydrogen) atoms. The molecule has 3 rings (SSSR count). The van der Waals surface area contributed by atoms with E-state index in [1.54, 1.807) is 31.4 Å². The molecule has 0 bridgehead atoms. The summed E-state index contributed by atoms with van der Waals surface area (Å²) in [6, 6.07) is 20.5. The van der Waals surface area contributed by atoms with Gasteiger partial charge in [-0.2, -0.15) is 5.10 Å². The molecule has 154 valence electrons. The Balaban J connectivity index is 1.76. The van der Waals surface area contributed by atoms with Crippen molar-refractivity contribution in [2.45, 2.75) is 13.5 Å². The summed E-state index contributed by atoms with van der Waals surface area (Å²) in [7, 11) is 3.10. The van der Waals surface area contributed by atoms with Crippen LogP contribution in [0.5, 0.6) is 17.2 Å². The lowest BCUT2D eigenvalue weighted by Crippen LogP contribution is -2.18. The van der Waals surface area contributed by atoms with Crippen LogP contribution in [0.25, 0.3) is 0 Å². The second kappa shape index (κ2) is 10.1. The minimum atomic E-state index is -0.367. The monoisotopic (exact) mass is 404 g/mol. The number of ether oxygens (including phenoxy) is 3. The number of rotatable bonds is 8. The van der Waals surface area contributed by atoms with E-state index in [0.717, 1.165) is 11.1 Å². The van der Waals surface area contributed by atoms with Crippen molar-refractivity contribution in [2.24, 2.45) is 5.10 Å². The summed E-state index contributed by atoms with van der Waals surface area (Å²) in [5.74, 6) is 1.25. The lowest BCUT2D eigenvalue weighted by atomic mass is 10.1. The Morgan fingerprint density at radius 1 is 0.967 bits per heavy atom. The number of hydrogen-bond acceptors (Lipinski definition) is 5. The van der Waals surface area contributed by atoms with Gasteiger partial charge < -0.3 is 14.2 Å². The molecule has 0 fully saturated rings. The number of hydrazone groups is 1. The van der Waals surface area contributed by atoms with E-state index >= 15 is 0 Å². The minimum absolute atomic E-state index is 0.367. The predicted octanol–water partition coefficient (Wildman–Crippen LogP) is 4.36. The number of hydrogen-bond donors (Lipinski definition) is 1. The van der Waals surface area contributed by atoms with Crippen molar-refractivity contribution in [1.82, 2.24) is 5.43 Å². The van der Waals surface area contributed by atoms with Gasteiger partial charge in [0.2, 0.25) is 0 Å². The van der Waals surface area contributed by atoms with E-state index in [2.05, 4.69) is 16.6 Å². The lowest BCUT2D eigenvalue weighted by Gasteiger charge is -2.13. The number of nitrogens with zero attached hydrogens (tertiary/aromatic N) is 1. The maximum atomic E-state index is 12.4. The van der Waals surface area contributed by atoms with Crippen molar-refractivity contribution < 1.29 is 19.0 Å². The van der Waals surface area contributed by atoms with Crippen LogP contribution in [0.3, 0.4) is 0 Å². The largest absolute Gasteiger partial charge is 0.496 e. The molecule has 0 aliphatic rings. The van der Waals surface area contributed by atoms with Crippen LogP contribution >= 0.6 is 0 Å². The summed E-state index contributed by atoms with van der Waals surface area (Å²) in [5, 5.41) is 4.08. The van der Waals surface area contributed by atoms with Gasteiger partial charge in [-0.15, -0.1) is 0 Å². The second-order valence-electron chi connectivity index (χ2n) is 6.56. The van der Waals surface area contributed by atoms with Crippen LogP contribution in [-0.4, -0.2) is 26.3 Å². The van der Waals surface area contributed by atoms with E-state index in [1.165, 1.54) is 13.3 Å². The highest BCUT2D eigenvalue weighted by Gasteiger charge is 2.12. The maximum Gasteiger partial charge on any atom is 0.275 e. The summed E-state index contributed by atoms with van der Waals surface area (Å²) in [6.07, 6.45) is 1.53. The van der Waals surface area contributed by atoms with Gasteiger partial charge >= 0.3 is 0 Å². The smallest absolute Gasteiger partial charge is 0.275 e. The highest BCUT2D eigenvalue weighted by molar-refractivity contribution is 5.97. The van der Waals surface area contributed by atoms with Gasteiger partial charge in [-0.1, -0.05) is 48.0 Å². The summed E-state index contributed by atoms with van der Waals surface area (Å²) >= 11 is 0. The normalized spacial score (nSPS) is 10.6. The van der Waals surface area contributed by atoms with E-state index in [9.17, 15) is 4.79 Å². The SMILES string of the molecule is COc1ccccc1C(=O)N/N=C/c1cccc(OC)c1OCc1cccc(C)c1. The summed E-state index contributed by atoms with van der Waals surface area (Å²) in [5.41, 5.74) is 5.82. The molecule has 0 radical (unpaired) electrons. The molecule has 1 N–H and O–H groups in total. The van der Waals surface area contributed by atoms with E-state index in [0.29, 0.717) is 35.0 Å². The van der Waals surface area contributed by atoms with Crippen molar-refractivity contribution >= 4 is 12.1 Å². The van der Waals surface area contributed by atoms with Crippen LogP contribution < -0.4 is 19.6 Å². The molecule has 0 heterocycles. The van der Waals surface area contributed by atoms with Gasteiger partial charge in [-0.3, -0.25) is 4.79 Å². The fraction of sp³-hybridized carbons (Fsp3) is 0.167. The molecule has 6 heteroatoms. The van der Waals surface area contributed by atoms with Crippen LogP contribution in [0.4, 0.5) is 0 Å². The molecule has 1 amide bonds. The Hall–Kier alpha value is -3.80. The summed E-state index contributed by atoms with van der Waals surface area (Å²) in [6.45, 7) is 2.42. The predicted molar refractivity (Wildman–Crippen MR) is 117 cm³/mol. The third-order valence-corrected chi connectivity index (χ3v) is 4.42. The van der Waals surface area contributed by atoms with Gasteiger partial charge in [-0.25, -0.2) is 5.43 Å². The third kappa shape index (κ3) is 5.17. The van der Waals surface area contributed by atoms with Gasteiger partial charge in [0.1, 0.15) is 12.4 Å². The Bertz CT molecular complexity index is 1050. The highest BCUT2D eigenvalue weighted by Crippen LogP contribution is 2.31. The molecule has 6 nitrogen and oxygen atoms in total.